The number of aliphatic hydroxyl groups is 2. The summed E-state index contributed by atoms with van der Waals surface area (Å²) in [5.74, 6) is -0.296. The van der Waals surface area contributed by atoms with Gasteiger partial charge in [0, 0.05) is 44.7 Å². The zero-order valence-electron chi connectivity index (χ0n) is 17.6. The van der Waals surface area contributed by atoms with Crippen molar-refractivity contribution < 1.29 is 19.7 Å². The fourth-order valence-electron chi connectivity index (χ4n) is 4.37. The number of fused-ring (bicyclic) bond motifs is 1. The summed E-state index contributed by atoms with van der Waals surface area (Å²) in [5.41, 5.74) is 4.84. The van der Waals surface area contributed by atoms with Crippen LogP contribution < -0.4 is 0 Å². The molecule has 2 N–H and O–H groups in total. The maximum absolute atomic E-state index is 11.7. The lowest BCUT2D eigenvalue weighted by Gasteiger charge is -2.38. The molecule has 1 fully saturated rings. The van der Waals surface area contributed by atoms with E-state index in [9.17, 15) is 15.0 Å². The minimum atomic E-state index is -0.642. The molecule has 0 aromatic heterocycles. The van der Waals surface area contributed by atoms with Gasteiger partial charge in [0.15, 0.2) is 0 Å². The molecule has 2 heterocycles. The fourth-order valence-corrected chi connectivity index (χ4v) is 4.37. The van der Waals surface area contributed by atoms with E-state index in [2.05, 4.69) is 11.0 Å². The van der Waals surface area contributed by atoms with Crippen molar-refractivity contribution in [2.75, 3.05) is 32.7 Å². The number of nitriles is 1. The summed E-state index contributed by atoms with van der Waals surface area (Å²) in [4.78, 5) is 16.0. The van der Waals surface area contributed by atoms with Gasteiger partial charge in [0.2, 0.25) is 0 Å². The smallest absolute Gasteiger partial charge is 0.338 e. The van der Waals surface area contributed by atoms with Crippen LogP contribution in [0.25, 0.3) is 0 Å². The lowest BCUT2D eigenvalue weighted by atomic mass is 9.95. The maximum atomic E-state index is 11.7. The normalized spacial score (nSPS) is 18.8. The van der Waals surface area contributed by atoms with Crippen molar-refractivity contribution in [3.05, 3.63) is 69.8 Å². The number of carbonyl (C=O) groups excluding carboxylic acids is 1. The van der Waals surface area contributed by atoms with Gasteiger partial charge in [-0.1, -0.05) is 18.2 Å². The van der Waals surface area contributed by atoms with Crippen LogP contribution in [0.1, 0.15) is 44.3 Å². The highest BCUT2D eigenvalue weighted by molar-refractivity contribution is 5.93. The molecule has 31 heavy (non-hydrogen) atoms. The third kappa shape index (κ3) is 4.63. The lowest BCUT2D eigenvalue weighted by Crippen LogP contribution is -2.51. The first-order valence-corrected chi connectivity index (χ1v) is 10.6. The third-order valence-corrected chi connectivity index (χ3v) is 6.33. The third-order valence-electron chi connectivity index (χ3n) is 6.33. The van der Waals surface area contributed by atoms with Gasteiger partial charge in [-0.2, -0.15) is 5.26 Å². The number of nitrogens with zero attached hydrogens (tertiary/aromatic N) is 3. The summed E-state index contributed by atoms with van der Waals surface area (Å²) in [6.07, 6.45) is -0.698. The predicted octanol–water partition coefficient (Wildman–Crippen LogP) is 1.75. The molecule has 162 valence electrons. The first kappa shape index (κ1) is 21.5. The van der Waals surface area contributed by atoms with E-state index in [1.165, 1.54) is 0 Å². The Bertz CT molecular complexity index is 991. The van der Waals surface area contributed by atoms with E-state index >= 15 is 0 Å². The van der Waals surface area contributed by atoms with Crippen LogP contribution in [-0.4, -0.2) is 64.9 Å². The average molecular weight is 421 g/mol. The van der Waals surface area contributed by atoms with Gasteiger partial charge in [-0.05, 0) is 41.8 Å². The molecular formula is C24H27N3O4. The molecule has 7 nitrogen and oxygen atoms in total. The number of hydrogen-bond donors (Lipinski definition) is 2. The van der Waals surface area contributed by atoms with Crippen LogP contribution in [-0.2, 0) is 17.8 Å². The Morgan fingerprint density at radius 2 is 1.81 bits per heavy atom. The fraction of sp³-hybridized carbons (Fsp3) is 0.417. The van der Waals surface area contributed by atoms with Crippen molar-refractivity contribution in [3.63, 3.8) is 0 Å². The number of aliphatic hydroxyl groups excluding tert-OH is 2. The summed E-state index contributed by atoms with van der Waals surface area (Å²) in [6.45, 7) is 5.66. The minimum Gasteiger partial charge on any atom is -0.457 e. The molecule has 2 aliphatic rings. The molecule has 2 atom stereocenters. The number of esters is 1. The molecule has 0 bridgehead atoms. The molecule has 0 aliphatic carbocycles. The first-order chi connectivity index (χ1) is 15.0. The van der Waals surface area contributed by atoms with Crippen LogP contribution in [0.4, 0.5) is 0 Å². The van der Waals surface area contributed by atoms with Gasteiger partial charge in [0.25, 0.3) is 0 Å². The molecule has 0 saturated carbocycles. The van der Waals surface area contributed by atoms with Crippen molar-refractivity contribution in [2.45, 2.75) is 32.3 Å². The van der Waals surface area contributed by atoms with Crippen molar-refractivity contribution in [1.82, 2.24) is 9.80 Å². The van der Waals surface area contributed by atoms with Gasteiger partial charge in [0.1, 0.15) is 12.8 Å². The molecule has 2 aromatic carbocycles. The van der Waals surface area contributed by atoms with Crippen molar-refractivity contribution in [1.29, 1.82) is 5.26 Å². The topological polar surface area (TPSA) is 97.0 Å². The second-order valence-corrected chi connectivity index (χ2v) is 8.23. The Labute approximate surface area is 182 Å². The van der Waals surface area contributed by atoms with Gasteiger partial charge >= 0.3 is 5.97 Å². The number of benzene rings is 2. The number of cyclic esters (lactones) is 1. The number of piperazine rings is 1. The van der Waals surface area contributed by atoms with E-state index in [0.717, 1.165) is 48.4 Å². The Morgan fingerprint density at radius 3 is 2.48 bits per heavy atom. The van der Waals surface area contributed by atoms with Crippen LogP contribution >= 0.6 is 0 Å². The quantitative estimate of drug-likeness (QED) is 0.686. The van der Waals surface area contributed by atoms with Crippen LogP contribution in [0.5, 0.6) is 0 Å². The number of rotatable bonds is 6. The van der Waals surface area contributed by atoms with Gasteiger partial charge < -0.3 is 14.9 Å². The summed E-state index contributed by atoms with van der Waals surface area (Å²) >= 11 is 0. The molecule has 0 spiro atoms. The average Bonchev–Trinajstić information content (AvgIpc) is 3.16. The Kier molecular flexibility index (Phi) is 6.35. The monoisotopic (exact) mass is 421 g/mol. The van der Waals surface area contributed by atoms with Crippen molar-refractivity contribution in [3.8, 4) is 6.07 Å². The van der Waals surface area contributed by atoms with E-state index in [1.54, 1.807) is 18.2 Å². The number of β-amino-alcohol motifs (C(OH)–C–C–N with tert-alkyl or cyclic N) is 1. The van der Waals surface area contributed by atoms with Gasteiger partial charge in [-0.25, -0.2) is 4.79 Å². The second-order valence-electron chi connectivity index (χ2n) is 8.23. The van der Waals surface area contributed by atoms with E-state index in [-0.39, 0.29) is 12.6 Å². The summed E-state index contributed by atoms with van der Waals surface area (Å²) in [6, 6.07) is 13.0. The molecule has 1 saturated heterocycles. The zero-order chi connectivity index (χ0) is 22.0. The highest BCUT2D eigenvalue weighted by Gasteiger charge is 2.28. The van der Waals surface area contributed by atoms with Gasteiger partial charge in [-0.3, -0.25) is 9.80 Å². The zero-order valence-corrected chi connectivity index (χ0v) is 17.6. The molecular weight excluding hydrogens is 394 g/mol. The van der Waals surface area contributed by atoms with E-state index in [4.69, 9.17) is 10.00 Å². The van der Waals surface area contributed by atoms with Gasteiger partial charge in [-0.15, -0.1) is 0 Å². The van der Waals surface area contributed by atoms with Crippen LogP contribution in [0.3, 0.4) is 0 Å². The molecule has 2 unspecified atom stereocenters. The van der Waals surface area contributed by atoms with Crippen LogP contribution in [0, 0.1) is 18.3 Å². The molecule has 2 aliphatic heterocycles. The molecule has 0 amide bonds. The number of hydrogen-bond acceptors (Lipinski definition) is 7. The minimum absolute atomic E-state index is 0.274. The maximum Gasteiger partial charge on any atom is 0.338 e. The first-order valence-electron chi connectivity index (χ1n) is 10.6. The van der Waals surface area contributed by atoms with Crippen molar-refractivity contribution in [2.24, 2.45) is 0 Å². The Hall–Kier alpha value is -2.76. The summed E-state index contributed by atoms with van der Waals surface area (Å²) < 4.78 is 5.10. The molecule has 7 heteroatoms. The largest absolute Gasteiger partial charge is 0.457 e. The van der Waals surface area contributed by atoms with Crippen LogP contribution in [0.2, 0.25) is 0 Å². The highest BCUT2D eigenvalue weighted by atomic mass is 16.5. The number of ether oxygens (including phenoxy) is 1. The van der Waals surface area contributed by atoms with E-state index < -0.39 is 12.3 Å². The summed E-state index contributed by atoms with van der Waals surface area (Å²) in [7, 11) is 0. The number of carbonyl (C=O) groups is 1. The standard InChI is InChI=1S/C24H27N3O4/c1-16-19(6-7-20-21(16)15-31-24(20)30)22(28)14-26-8-10-27(11-9-26)23(29)12-17-2-4-18(13-25)5-3-17/h2-7,22-23,28-29H,8-12,14-15H2,1H3. The van der Waals surface area contributed by atoms with E-state index in [0.29, 0.717) is 24.1 Å². The van der Waals surface area contributed by atoms with E-state index in [1.807, 2.05) is 30.0 Å². The Morgan fingerprint density at radius 1 is 1.10 bits per heavy atom. The highest BCUT2D eigenvalue weighted by Crippen LogP contribution is 2.29. The van der Waals surface area contributed by atoms with Crippen LogP contribution in [0.15, 0.2) is 36.4 Å². The predicted molar refractivity (Wildman–Crippen MR) is 114 cm³/mol. The second kappa shape index (κ2) is 9.16. The molecule has 0 radical (unpaired) electrons. The van der Waals surface area contributed by atoms with Gasteiger partial charge in [0.05, 0.1) is 23.3 Å². The summed E-state index contributed by atoms with van der Waals surface area (Å²) in [5, 5.41) is 30.3. The van der Waals surface area contributed by atoms with Crippen molar-refractivity contribution >= 4 is 5.97 Å². The molecule has 4 rings (SSSR count). The Balaban J connectivity index is 1.30. The molecule has 2 aromatic rings. The SMILES string of the molecule is Cc1c(C(O)CN2CCN(C(O)Cc3ccc(C#N)cc3)CC2)ccc2c1COC2=O. The lowest BCUT2D eigenvalue weighted by molar-refractivity contribution is -0.0307.